The van der Waals surface area contributed by atoms with E-state index >= 15 is 0 Å². The van der Waals surface area contributed by atoms with Crippen molar-refractivity contribution < 1.29 is 14.3 Å². The van der Waals surface area contributed by atoms with Crippen LogP contribution in [0.15, 0.2) is 72.8 Å². The predicted octanol–water partition coefficient (Wildman–Crippen LogP) is 4.57. The molecule has 3 aromatic carbocycles. The van der Waals surface area contributed by atoms with E-state index in [-0.39, 0.29) is 18.4 Å². The second-order valence-electron chi connectivity index (χ2n) is 6.56. The van der Waals surface area contributed by atoms with Gasteiger partial charge in [-0.2, -0.15) is 0 Å². The standard InChI is InChI=1S/C23H22N2O3/c1-16-11-17(2)13-18(12-16)23(27)25-20-8-6-7-19(14-20)24-22(26)15-28-21-9-4-3-5-10-21/h3-14H,15H2,1-2H3,(H,24,26)(H,25,27). The van der Waals surface area contributed by atoms with Crippen LogP contribution in [0, 0.1) is 13.8 Å². The number of anilines is 2. The number of carbonyl (C=O) groups is 2. The molecule has 3 rings (SSSR count). The molecular formula is C23H22N2O3. The summed E-state index contributed by atoms with van der Waals surface area (Å²) < 4.78 is 5.43. The van der Waals surface area contributed by atoms with Crippen LogP contribution in [0.5, 0.6) is 5.75 Å². The van der Waals surface area contributed by atoms with E-state index in [4.69, 9.17) is 4.74 Å². The Morgan fingerprint density at radius 2 is 1.43 bits per heavy atom. The minimum atomic E-state index is -0.276. The molecule has 28 heavy (non-hydrogen) atoms. The van der Waals surface area contributed by atoms with Gasteiger partial charge in [0.25, 0.3) is 11.8 Å². The van der Waals surface area contributed by atoms with Crippen LogP contribution in [-0.4, -0.2) is 18.4 Å². The predicted molar refractivity (Wildman–Crippen MR) is 111 cm³/mol. The Hall–Kier alpha value is -3.60. The van der Waals surface area contributed by atoms with Gasteiger partial charge in [-0.1, -0.05) is 41.5 Å². The minimum absolute atomic E-state index is 0.0941. The second-order valence-corrected chi connectivity index (χ2v) is 6.56. The van der Waals surface area contributed by atoms with Crippen molar-refractivity contribution in [1.29, 1.82) is 0 Å². The number of benzene rings is 3. The number of hydrogen-bond acceptors (Lipinski definition) is 3. The van der Waals surface area contributed by atoms with Crippen LogP contribution in [0.3, 0.4) is 0 Å². The van der Waals surface area contributed by atoms with E-state index < -0.39 is 0 Å². The average Bonchev–Trinajstić information content (AvgIpc) is 2.67. The lowest BCUT2D eigenvalue weighted by Gasteiger charge is -2.10. The third kappa shape index (κ3) is 5.45. The highest BCUT2D eigenvalue weighted by Gasteiger charge is 2.09. The van der Waals surface area contributed by atoms with Crippen molar-refractivity contribution in [1.82, 2.24) is 0 Å². The summed E-state index contributed by atoms with van der Waals surface area (Å²) in [5, 5.41) is 5.63. The number of ether oxygens (including phenoxy) is 1. The van der Waals surface area contributed by atoms with Gasteiger partial charge in [-0.25, -0.2) is 0 Å². The molecule has 0 bridgehead atoms. The third-order valence-corrected chi connectivity index (χ3v) is 4.00. The number of para-hydroxylation sites is 1. The molecule has 0 spiro atoms. The SMILES string of the molecule is Cc1cc(C)cc(C(=O)Nc2cccc(NC(=O)COc3ccccc3)c2)c1. The molecule has 0 fully saturated rings. The van der Waals surface area contributed by atoms with Gasteiger partial charge < -0.3 is 15.4 Å². The summed E-state index contributed by atoms with van der Waals surface area (Å²) in [5.74, 6) is 0.163. The van der Waals surface area contributed by atoms with Crippen molar-refractivity contribution in [2.45, 2.75) is 13.8 Å². The summed E-state index contributed by atoms with van der Waals surface area (Å²) in [6, 6.07) is 21.9. The zero-order valence-corrected chi connectivity index (χ0v) is 15.9. The number of rotatable bonds is 6. The average molecular weight is 374 g/mol. The first kappa shape index (κ1) is 19.2. The highest BCUT2D eigenvalue weighted by molar-refractivity contribution is 6.05. The summed E-state index contributed by atoms with van der Waals surface area (Å²) in [7, 11) is 0. The summed E-state index contributed by atoms with van der Waals surface area (Å²) in [5.41, 5.74) is 3.85. The fourth-order valence-electron chi connectivity index (χ4n) is 2.85. The van der Waals surface area contributed by atoms with Gasteiger partial charge in [-0.3, -0.25) is 9.59 Å². The van der Waals surface area contributed by atoms with Crippen LogP contribution in [-0.2, 0) is 4.79 Å². The van der Waals surface area contributed by atoms with Crippen LogP contribution < -0.4 is 15.4 Å². The van der Waals surface area contributed by atoms with Crippen molar-refractivity contribution >= 4 is 23.2 Å². The molecule has 0 saturated heterocycles. The van der Waals surface area contributed by atoms with Crippen molar-refractivity contribution in [2.24, 2.45) is 0 Å². The molecule has 0 unspecified atom stereocenters. The van der Waals surface area contributed by atoms with Crippen molar-refractivity contribution in [3.05, 3.63) is 89.5 Å². The van der Waals surface area contributed by atoms with Crippen molar-refractivity contribution in [2.75, 3.05) is 17.2 Å². The lowest BCUT2D eigenvalue weighted by molar-refractivity contribution is -0.118. The number of aryl methyl sites for hydroxylation is 2. The van der Waals surface area contributed by atoms with Crippen LogP contribution in [0.4, 0.5) is 11.4 Å². The molecule has 0 atom stereocenters. The normalized spacial score (nSPS) is 10.2. The maximum atomic E-state index is 12.5. The van der Waals surface area contributed by atoms with Crippen LogP contribution in [0.25, 0.3) is 0 Å². The van der Waals surface area contributed by atoms with E-state index in [0.717, 1.165) is 11.1 Å². The molecule has 0 aliphatic rings. The molecule has 5 nitrogen and oxygen atoms in total. The molecule has 5 heteroatoms. The molecule has 3 aromatic rings. The van der Waals surface area contributed by atoms with Gasteiger partial charge in [0.1, 0.15) is 5.75 Å². The second kappa shape index (κ2) is 8.86. The Labute approximate surface area is 164 Å². The number of nitrogens with one attached hydrogen (secondary N) is 2. The molecule has 142 valence electrons. The third-order valence-electron chi connectivity index (χ3n) is 4.00. The van der Waals surface area contributed by atoms with E-state index in [1.807, 2.05) is 50.2 Å². The Bertz CT molecular complexity index is 964. The van der Waals surface area contributed by atoms with E-state index in [2.05, 4.69) is 10.6 Å². The van der Waals surface area contributed by atoms with Crippen LogP contribution in [0.1, 0.15) is 21.5 Å². The van der Waals surface area contributed by atoms with Gasteiger partial charge in [0.05, 0.1) is 0 Å². The summed E-state index contributed by atoms with van der Waals surface area (Å²) in [4.78, 5) is 24.6. The quantitative estimate of drug-likeness (QED) is 0.664. The smallest absolute Gasteiger partial charge is 0.262 e. The largest absolute Gasteiger partial charge is 0.484 e. The van der Waals surface area contributed by atoms with Crippen LogP contribution >= 0.6 is 0 Å². The van der Waals surface area contributed by atoms with Gasteiger partial charge in [0.2, 0.25) is 0 Å². The molecular weight excluding hydrogens is 352 g/mol. The maximum Gasteiger partial charge on any atom is 0.262 e. The van der Waals surface area contributed by atoms with E-state index in [0.29, 0.717) is 22.7 Å². The molecule has 2 amide bonds. The molecule has 2 N–H and O–H groups in total. The Kier molecular flexibility index (Phi) is 6.07. The van der Waals surface area contributed by atoms with Crippen molar-refractivity contribution in [3.63, 3.8) is 0 Å². The number of hydrogen-bond donors (Lipinski definition) is 2. The Morgan fingerprint density at radius 3 is 2.11 bits per heavy atom. The van der Waals surface area contributed by atoms with Gasteiger partial charge in [0, 0.05) is 16.9 Å². The van der Waals surface area contributed by atoms with E-state index in [9.17, 15) is 9.59 Å². The Morgan fingerprint density at radius 1 is 0.786 bits per heavy atom. The van der Waals surface area contributed by atoms with Crippen molar-refractivity contribution in [3.8, 4) is 5.75 Å². The lowest BCUT2D eigenvalue weighted by atomic mass is 10.1. The molecule has 0 aromatic heterocycles. The van der Waals surface area contributed by atoms with E-state index in [1.54, 1.807) is 36.4 Å². The van der Waals surface area contributed by atoms with Crippen LogP contribution in [0.2, 0.25) is 0 Å². The highest BCUT2D eigenvalue weighted by Crippen LogP contribution is 2.17. The first-order valence-electron chi connectivity index (χ1n) is 8.97. The lowest BCUT2D eigenvalue weighted by Crippen LogP contribution is -2.20. The fourth-order valence-corrected chi connectivity index (χ4v) is 2.85. The molecule has 0 heterocycles. The molecule has 0 aliphatic carbocycles. The maximum absolute atomic E-state index is 12.5. The zero-order valence-electron chi connectivity index (χ0n) is 15.9. The number of carbonyl (C=O) groups excluding carboxylic acids is 2. The number of amides is 2. The first-order valence-corrected chi connectivity index (χ1v) is 8.97. The highest BCUT2D eigenvalue weighted by atomic mass is 16.5. The zero-order chi connectivity index (χ0) is 19.9. The van der Waals surface area contributed by atoms with Gasteiger partial charge in [-0.15, -0.1) is 0 Å². The van der Waals surface area contributed by atoms with E-state index in [1.165, 1.54) is 0 Å². The van der Waals surface area contributed by atoms with Gasteiger partial charge in [-0.05, 0) is 56.3 Å². The molecule has 0 saturated carbocycles. The summed E-state index contributed by atoms with van der Waals surface area (Å²) in [6.45, 7) is 3.82. The topological polar surface area (TPSA) is 67.4 Å². The first-order chi connectivity index (χ1) is 13.5. The molecule has 0 aliphatic heterocycles. The fraction of sp³-hybridized carbons (Fsp3) is 0.130. The van der Waals surface area contributed by atoms with Gasteiger partial charge >= 0.3 is 0 Å². The summed E-state index contributed by atoms with van der Waals surface area (Å²) in [6.07, 6.45) is 0. The Balaban J connectivity index is 1.60. The monoisotopic (exact) mass is 374 g/mol. The minimum Gasteiger partial charge on any atom is -0.484 e. The van der Waals surface area contributed by atoms with Gasteiger partial charge in [0.15, 0.2) is 6.61 Å². The molecule has 0 radical (unpaired) electrons. The summed E-state index contributed by atoms with van der Waals surface area (Å²) >= 11 is 0.